The normalized spacial score (nSPS) is 10.4. The van der Waals surface area contributed by atoms with Crippen LogP contribution in [-0.4, -0.2) is 11.2 Å². The van der Waals surface area contributed by atoms with Crippen LogP contribution in [0.2, 0.25) is 5.02 Å². The lowest BCUT2D eigenvalue weighted by Crippen LogP contribution is -1.92. The maximum absolute atomic E-state index is 6.01. The summed E-state index contributed by atoms with van der Waals surface area (Å²) in [6, 6.07) is 7.58. The van der Waals surface area contributed by atoms with E-state index in [0.717, 1.165) is 16.0 Å². The number of hydrogen-bond donors (Lipinski definition) is 1. The maximum Gasteiger partial charge on any atom is 0.0425 e. The number of benzene rings is 1. The highest BCUT2D eigenvalue weighted by atomic mass is 35.5. The van der Waals surface area contributed by atoms with E-state index in [9.17, 15) is 0 Å². The zero-order valence-electron chi connectivity index (χ0n) is 8.77. The molecule has 0 radical (unpaired) electrons. The molecule has 0 amide bonds. The summed E-state index contributed by atoms with van der Waals surface area (Å²) in [7, 11) is 0. The molecule has 0 saturated heterocycles. The number of pyridine rings is 1. The van der Waals surface area contributed by atoms with Crippen LogP contribution in [0, 0.1) is 0 Å². The fourth-order valence-corrected chi connectivity index (χ4v) is 2.29. The molecule has 0 spiro atoms. The van der Waals surface area contributed by atoms with Crippen molar-refractivity contribution < 1.29 is 0 Å². The molecule has 0 aliphatic heterocycles. The number of aromatic nitrogens is 1. The molecule has 1 aromatic heterocycles. The SMILES string of the molecule is CSc1ccc(Cl)cc1-c1cnccc1N. The van der Waals surface area contributed by atoms with E-state index in [1.54, 1.807) is 30.2 Å². The fraction of sp³-hybridized carbons (Fsp3) is 0.0833. The van der Waals surface area contributed by atoms with Gasteiger partial charge < -0.3 is 5.73 Å². The van der Waals surface area contributed by atoms with E-state index in [1.165, 1.54) is 0 Å². The Bertz CT molecular complexity index is 514. The number of thioether (sulfide) groups is 1. The van der Waals surface area contributed by atoms with Crippen molar-refractivity contribution in [1.82, 2.24) is 4.98 Å². The van der Waals surface area contributed by atoms with Crippen molar-refractivity contribution in [3.8, 4) is 11.1 Å². The van der Waals surface area contributed by atoms with Gasteiger partial charge in [0.2, 0.25) is 0 Å². The standard InChI is InChI=1S/C12H11ClN2S/c1-16-12-3-2-8(13)6-9(12)10-7-15-5-4-11(10)14/h2-7H,1H3,(H2,14,15). The minimum absolute atomic E-state index is 0.705. The van der Waals surface area contributed by atoms with Crippen molar-refractivity contribution in [1.29, 1.82) is 0 Å². The number of nitrogens with zero attached hydrogens (tertiary/aromatic N) is 1. The van der Waals surface area contributed by atoms with E-state index in [2.05, 4.69) is 4.98 Å². The van der Waals surface area contributed by atoms with Crippen molar-refractivity contribution in [3.05, 3.63) is 41.7 Å². The minimum atomic E-state index is 0.705. The summed E-state index contributed by atoms with van der Waals surface area (Å²) in [6.45, 7) is 0. The lowest BCUT2D eigenvalue weighted by molar-refractivity contribution is 1.32. The first kappa shape index (κ1) is 11.3. The van der Waals surface area contributed by atoms with E-state index in [1.807, 2.05) is 24.5 Å². The second-order valence-corrected chi connectivity index (χ2v) is 4.59. The van der Waals surface area contributed by atoms with Gasteiger partial charge in [0.05, 0.1) is 0 Å². The highest BCUT2D eigenvalue weighted by molar-refractivity contribution is 7.98. The Morgan fingerprint density at radius 3 is 2.75 bits per heavy atom. The second-order valence-electron chi connectivity index (χ2n) is 3.31. The summed E-state index contributed by atoms with van der Waals surface area (Å²) in [5.41, 5.74) is 8.61. The first-order chi connectivity index (χ1) is 7.72. The van der Waals surface area contributed by atoms with E-state index in [4.69, 9.17) is 17.3 Å². The quantitative estimate of drug-likeness (QED) is 0.826. The van der Waals surface area contributed by atoms with Crippen LogP contribution in [0.3, 0.4) is 0 Å². The fourth-order valence-electron chi connectivity index (χ4n) is 1.52. The number of halogens is 1. The average molecular weight is 251 g/mol. The van der Waals surface area contributed by atoms with Gasteiger partial charge in [0.1, 0.15) is 0 Å². The largest absolute Gasteiger partial charge is 0.398 e. The average Bonchev–Trinajstić information content (AvgIpc) is 2.29. The predicted octanol–water partition coefficient (Wildman–Crippen LogP) is 3.71. The minimum Gasteiger partial charge on any atom is -0.398 e. The summed E-state index contributed by atoms with van der Waals surface area (Å²) in [5.74, 6) is 0. The third-order valence-electron chi connectivity index (χ3n) is 2.31. The van der Waals surface area contributed by atoms with E-state index in [-0.39, 0.29) is 0 Å². The van der Waals surface area contributed by atoms with Crippen molar-refractivity contribution in [2.45, 2.75) is 4.90 Å². The van der Waals surface area contributed by atoms with Gasteiger partial charge >= 0.3 is 0 Å². The number of hydrogen-bond acceptors (Lipinski definition) is 3. The molecule has 1 heterocycles. The molecule has 0 aliphatic carbocycles. The zero-order chi connectivity index (χ0) is 11.5. The first-order valence-electron chi connectivity index (χ1n) is 4.76. The molecule has 2 rings (SSSR count). The van der Waals surface area contributed by atoms with E-state index in [0.29, 0.717) is 10.7 Å². The molecule has 0 atom stereocenters. The number of rotatable bonds is 2. The summed E-state index contributed by atoms with van der Waals surface area (Å²) in [6.07, 6.45) is 5.47. The van der Waals surface area contributed by atoms with Crippen LogP contribution in [0.15, 0.2) is 41.6 Å². The Balaban J connectivity index is 2.63. The molecule has 2 nitrogen and oxygen atoms in total. The lowest BCUT2D eigenvalue weighted by Gasteiger charge is -2.09. The second kappa shape index (κ2) is 4.76. The molecule has 4 heteroatoms. The summed E-state index contributed by atoms with van der Waals surface area (Å²) < 4.78 is 0. The van der Waals surface area contributed by atoms with Gasteiger partial charge in [-0.2, -0.15) is 0 Å². The van der Waals surface area contributed by atoms with Crippen LogP contribution in [0.25, 0.3) is 11.1 Å². The molecule has 2 N–H and O–H groups in total. The Morgan fingerprint density at radius 2 is 2.06 bits per heavy atom. The van der Waals surface area contributed by atoms with Gasteiger partial charge in [-0.25, -0.2) is 0 Å². The van der Waals surface area contributed by atoms with Crippen molar-refractivity contribution in [2.24, 2.45) is 0 Å². The van der Waals surface area contributed by atoms with Gasteiger partial charge in [-0.15, -0.1) is 11.8 Å². The van der Waals surface area contributed by atoms with Crippen molar-refractivity contribution in [3.63, 3.8) is 0 Å². The molecule has 0 bridgehead atoms. The smallest absolute Gasteiger partial charge is 0.0425 e. The topological polar surface area (TPSA) is 38.9 Å². The molecular formula is C12H11ClN2S. The van der Waals surface area contributed by atoms with Crippen LogP contribution < -0.4 is 5.73 Å². The Labute approximate surface area is 104 Å². The zero-order valence-corrected chi connectivity index (χ0v) is 10.3. The molecule has 16 heavy (non-hydrogen) atoms. The van der Waals surface area contributed by atoms with Gasteiger partial charge in [-0.1, -0.05) is 11.6 Å². The van der Waals surface area contributed by atoms with Crippen LogP contribution in [0.1, 0.15) is 0 Å². The first-order valence-corrected chi connectivity index (χ1v) is 6.36. The molecule has 0 saturated carbocycles. The van der Waals surface area contributed by atoms with Crippen LogP contribution in [-0.2, 0) is 0 Å². The molecule has 82 valence electrons. The Kier molecular flexibility index (Phi) is 3.36. The Hall–Kier alpha value is -1.19. The number of nitrogen functional groups attached to an aromatic ring is 1. The molecule has 0 unspecified atom stereocenters. The van der Waals surface area contributed by atoms with Gasteiger partial charge in [-0.3, -0.25) is 4.98 Å². The molecule has 0 fully saturated rings. The van der Waals surface area contributed by atoms with Gasteiger partial charge in [0.25, 0.3) is 0 Å². The summed E-state index contributed by atoms with van der Waals surface area (Å²) >= 11 is 7.67. The lowest BCUT2D eigenvalue weighted by atomic mass is 10.1. The predicted molar refractivity (Wildman–Crippen MR) is 70.9 cm³/mol. The molecular weight excluding hydrogens is 240 g/mol. The highest BCUT2D eigenvalue weighted by Gasteiger charge is 2.08. The highest BCUT2D eigenvalue weighted by Crippen LogP contribution is 2.34. The van der Waals surface area contributed by atoms with Gasteiger partial charge in [0.15, 0.2) is 0 Å². The van der Waals surface area contributed by atoms with Gasteiger partial charge in [-0.05, 0) is 30.5 Å². The molecule has 1 aromatic carbocycles. The van der Waals surface area contributed by atoms with Crippen molar-refractivity contribution >= 4 is 29.1 Å². The maximum atomic E-state index is 6.01. The van der Waals surface area contributed by atoms with Crippen LogP contribution in [0.4, 0.5) is 5.69 Å². The van der Waals surface area contributed by atoms with Crippen molar-refractivity contribution in [2.75, 3.05) is 12.0 Å². The monoisotopic (exact) mass is 250 g/mol. The molecule has 0 aliphatic rings. The number of anilines is 1. The summed E-state index contributed by atoms with van der Waals surface area (Å²) in [4.78, 5) is 5.24. The third kappa shape index (κ3) is 2.15. The van der Waals surface area contributed by atoms with E-state index >= 15 is 0 Å². The van der Waals surface area contributed by atoms with E-state index < -0.39 is 0 Å². The Morgan fingerprint density at radius 1 is 1.25 bits per heavy atom. The van der Waals surface area contributed by atoms with Crippen LogP contribution >= 0.6 is 23.4 Å². The van der Waals surface area contributed by atoms with Gasteiger partial charge in [0, 0.05) is 39.1 Å². The summed E-state index contributed by atoms with van der Waals surface area (Å²) in [5, 5.41) is 0.705. The third-order valence-corrected chi connectivity index (χ3v) is 3.34. The number of nitrogens with two attached hydrogens (primary N) is 1. The van der Waals surface area contributed by atoms with Crippen LogP contribution in [0.5, 0.6) is 0 Å². The molecule has 2 aromatic rings.